The SMILES string of the molecule is O=C[C@@H](O)[C@@H](O)[C@@H](O)[C@@H](O)[C@H](O)CO. The van der Waals surface area contributed by atoms with E-state index in [4.69, 9.17) is 30.6 Å². The van der Waals surface area contributed by atoms with Crippen molar-refractivity contribution in [1.82, 2.24) is 0 Å². The van der Waals surface area contributed by atoms with Crippen LogP contribution in [0.3, 0.4) is 0 Å². The molecule has 0 fully saturated rings. The third-order valence-corrected chi connectivity index (χ3v) is 1.77. The summed E-state index contributed by atoms with van der Waals surface area (Å²) in [4.78, 5) is 10.00. The summed E-state index contributed by atoms with van der Waals surface area (Å²) in [6.45, 7) is -0.817. The van der Waals surface area contributed by atoms with Crippen molar-refractivity contribution in [3.8, 4) is 0 Å². The number of carbonyl (C=O) groups is 1. The summed E-state index contributed by atoms with van der Waals surface area (Å²) in [6, 6.07) is 0. The Morgan fingerprint density at radius 2 is 1.43 bits per heavy atom. The fraction of sp³-hybridized carbons (Fsp3) is 0.857. The number of aliphatic hydroxyl groups is 6. The quantitative estimate of drug-likeness (QED) is 0.245. The van der Waals surface area contributed by atoms with Gasteiger partial charge in [0.25, 0.3) is 0 Å². The number of rotatable bonds is 6. The minimum atomic E-state index is -1.92. The van der Waals surface area contributed by atoms with Crippen LogP contribution in [0.5, 0.6) is 0 Å². The molecule has 0 rings (SSSR count). The molecular formula is C7H14O7. The zero-order valence-electron chi connectivity index (χ0n) is 7.26. The van der Waals surface area contributed by atoms with Crippen molar-refractivity contribution in [3.63, 3.8) is 0 Å². The monoisotopic (exact) mass is 210 g/mol. The molecule has 7 heteroatoms. The zero-order valence-corrected chi connectivity index (χ0v) is 7.26. The summed E-state index contributed by atoms with van der Waals surface area (Å²) in [6.07, 6.45) is -9.21. The highest BCUT2D eigenvalue weighted by molar-refractivity contribution is 5.56. The van der Waals surface area contributed by atoms with Gasteiger partial charge in [0, 0.05) is 0 Å². The molecule has 0 unspecified atom stereocenters. The molecule has 0 aliphatic rings. The molecule has 0 amide bonds. The van der Waals surface area contributed by atoms with E-state index in [2.05, 4.69) is 0 Å². The maximum atomic E-state index is 10.00. The van der Waals surface area contributed by atoms with Crippen LogP contribution in [0, 0.1) is 0 Å². The summed E-state index contributed by atoms with van der Waals surface area (Å²) in [7, 11) is 0. The van der Waals surface area contributed by atoms with E-state index >= 15 is 0 Å². The van der Waals surface area contributed by atoms with Crippen LogP contribution in [0.15, 0.2) is 0 Å². The highest BCUT2D eigenvalue weighted by Crippen LogP contribution is 2.07. The van der Waals surface area contributed by atoms with Crippen LogP contribution in [0.25, 0.3) is 0 Å². The third kappa shape index (κ3) is 3.29. The number of aliphatic hydroxyl groups excluding tert-OH is 6. The molecule has 0 aromatic rings. The predicted molar refractivity (Wildman–Crippen MR) is 43.2 cm³/mol. The van der Waals surface area contributed by atoms with E-state index < -0.39 is 37.1 Å². The summed E-state index contributed by atoms with van der Waals surface area (Å²) in [5.41, 5.74) is 0. The maximum Gasteiger partial charge on any atom is 0.151 e. The van der Waals surface area contributed by atoms with Gasteiger partial charge in [0.1, 0.15) is 30.5 Å². The first kappa shape index (κ1) is 13.4. The van der Waals surface area contributed by atoms with Crippen LogP contribution >= 0.6 is 0 Å². The average Bonchev–Trinajstić information content (AvgIpc) is 2.23. The molecule has 7 nitrogen and oxygen atoms in total. The number of aldehydes is 1. The molecule has 0 spiro atoms. The van der Waals surface area contributed by atoms with Gasteiger partial charge in [0.05, 0.1) is 6.61 Å². The van der Waals surface area contributed by atoms with E-state index in [1.165, 1.54) is 0 Å². The highest BCUT2D eigenvalue weighted by Gasteiger charge is 2.33. The zero-order chi connectivity index (χ0) is 11.3. The number of hydrogen-bond acceptors (Lipinski definition) is 7. The van der Waals surface area contributed by atoms with Gasteiger partial charge in [0.2, 0.25) is 0 Å². The van der Waals surface area contributed by atoms with Crippen molar-refractivity contribution in [2.75, 3.05) is 6.61 Å². The fourth-order valence-corrected chi connectivity index (χ4v) is 0.820. The van der Waals surface area contributed by atoms with Gasteiger partial charge in [-0.2, -0.15) is 0 Å². The van der Waals surface area contributed by atoms with E-state index in [0.29, 0.717) is 0 Å². The lowest BCUT2D eigenvalue weighted by Crippen LogP contribution is -2.50. The molecule has 0 aliphatic heterocycles. The smallest absolute Gasteiger partial charge is 0.151 e. The first-order valence-electron chi connectivity index (χ1n) is 3.92. The molecule has 0 radical (unpaired) electrons. The molecule has 0 aromatic carbocycles. The highest BCUT2D eigenvalue weighted by atomic mass is 16.4. The van der Waals surface area contributed by atoms with Gasteiger partial charge in [-0.1, -0.05) is 0 Å². The van der Waals surface area contributed by atoms with Crippen molar-refractivity contribution >= 4 is 6.29 Å². The molecule has 6 N–H and O–H groups in total. The molecule has 0 saturated heterocycles. The average molecular weight is 210 g/mol. The lowest BCUT2D eigenvalue weighted by molar-refractivity contribution is -0.147. The van der Waals surface area contributed by atoms with E-state index in [1.807, 2.05) is 0 Å². The second-order valence-electron chi connectivity index (χ2n) is 2.85. The van der Waals surface area contributed by atoms with E-state index in [-0.39, 0.29) is 6.29 Å². The second-order valence-corrected chi connectivity index (χ2v) is 2.85. The summed E-state index contributed by atoms with van der Waals surface area (Å²) < 4.78 is 0. The van der Waals surface area contributed by atoms with Gasteiger partial charge in [-0.3, -0.25) is 0 Å². The second kappa shape index (κ2) is 6.02. The van der Waals surface area contributed by atoms with Crippen molar-refractivity contribution < 1.29 is 35.4 Å². The molecule has 0 bridgehead atoms. The van der Waals surface area contributed by atoms with Crippen LogP contribution in [-0.2, 0) is 4.79 Å². The minimum Gasteiger partial charge on any atom is -0.394 e. The summed E-state index contributed by atoms with van der Waals surface area (Å²) in [5.74, 6) is 0. The minimum absolute atomic E-state index is 0.0219. The third-order valence-electron chi connectivity index (χ3n) is 1.77. The fourth-order valence-electron chi connectivity index (χ4n) is 0.820. The largest absolute Gasteiger partial charge is 0.394 e. The van der Waals surface area contributed by atoms with Crippen LogP contribution in [0.2, 0.25) is 0 Å². The van der Waals surface area contributed by atoms with E-state index in [9.17, 15) is 4.79 Å². The Labute approximate surface area is 79.9 Å². The molecule has 0 aliphatic carbocycles. The Kier molecular flexibility index (Phi) is 5.77. The molecular weight excluding hydrogens is 196 g/mol. The normalized spacial score (nSPS) is 22.1. The lowest BCUT2D eigenvalue weighted by Gasteiger charge is -2.26. The van der Waals surface area contributed by atoms with Gasteiger partial charge in [-0.15, -0.1) is 0 Å². The molecule has 0 saturated carbocycles. The Morgan fingerprint density at radius 3 is 1.79 bits per heavy atom. The van der Waals surface area contributed by atoms with Gasteiger partial charge < -0.3 is 35.4 Å². The first-order chi connectivity index (χ1) is 6.45. The predicted octanol–water partition coefficient (Wildman–Crippen LogP) is -4.02. The van der Waals surface area contributed by atoms with Crippen LogP contribution in [0.1, 0.15) is 0 Å². The maximum absolute atomic E-state index is 10.00. The van der Waals surface area contributed by atoms with Gasteiger partial charge >= 0.3 is 0 Å². The van der Waals surface area contributed by atoms with Crippen molar-refractivity contribution in [3.05, 3.63) is 0 Å². The van der Waals surface area contributed by atoms with Crippen LogP contribution < -0.4 is 0 Å². The summed E-state index contributed by atoms with van der Waals surface area (Å²) >= 11 is 0. The molecule has 14 heavy (non-hydrogen) atoms. The molecule has 0 heterocycles. The van der Waals surface area contributed by atoms with Gasteiger partial charge in [-0.25, -0.2) is 0 Å². The van der Waals surface area contributed by atoms with Crippen molar-refractivity contribution in [2.24, 2.45) is 0 Å². The van der Waals surface area contributed by atoms with Crippen molar-refractivity contribution in [2.45, 2.75) is 30.5 Å². The number of hydrogen-bond donors (Lipinski definition) is 6. The van der Waals surface area contributed by atoms with Gasteiger partial charge in [0.15, 0.2) is 6.29 Å². The van der Waals surface area contributed by atoms with Crippen molar-refractivity contribution in [1.29, 1.82) is 0 Å². The Bertz CT molecular complexity index is 173. The standard InChI is InChI=1S/C7H14O7/c8-1-3(10)5(12)7(14)6(13)4(11)2-9/h1,3-7,9-14H,2H2/t3-,4-,5-,6+,7-/m1/s1. The Morgan fingerprint density at radius 1 is 0.929 bits per heavy atom. The van der Waals surface area contributed by atoms with E-state index in [1.54, 1.807) is 0 Å². The van der Waals surface area contributed by atoms with E-state index in [0.717, 1.165) is 0 Å². The first-order valence-corrected chi connectivity index (χ1v) is 3.92. The molecule has 0 aromatic heterocycles. The number of carbonyl (C=O) groups excluding carboxylic acids is 1. The Hall–Kier alpha value is -0.570. The van der Waals surface area contributed by atoms with Crippen LogP contribution in [-0.4, -0.2) is 74.1 Å². The summed E-state index contributed by atoms with van der Waals surface area (Å²) in [5, 5.41) is 53.2. The Balaban J connectivity index is 4.29. The topological polar surface area (TPSA) is 138 Å². The lowest BCUT2D eigenvalue weighted by atomic mass is 10.0. The molecule has 5 atom stereocenters. The van der Waals surface area contributed by atoms with Gasteiger partial charge in [-0.05, 0) is 0 Å². The molecule has 84 valence electrons. The van der Waals surface area contributed by atoms with Crippen LogP contribution in [0.4, 0.5) is 0 Å².